The molecule has 0 aliphatic carbocycles. The van der Waals surface area contributed by atoms with Gasteiger partial charge in [0, 0.05) is 29.8 Å². The summed E-state index contributed by atoms with van der Waals surface area (Å²) in [5, 5.41) is 6.90. The molecule has 3 aromatic rings. The Balaban J connectivity index is 1.77. The van der Waals surface area contributed by atoms with E-state index in [1.807, 2.05) is 67.6 Å². The summed E-state index contributed by atoms with van der Waals surface area (Å²) in [6, 6.07) is 19.4. The second-order valence-electron chi connectivity index (χ2n) is 7.78. The summed E-state index contributed by atoms with van der Waals surface area (Å²) in [7, 11) is 1.39. The second kappa shape index (κ2) is 12.8. The highest BCUT2D eigenvalue weighted by molar-refractivity contribution is 6.13. The Labute approximate surface area is 209 Å². The lowest BCUT2D eigenvalue weighted by Gasteiger charge is -2.16. The third-order valence-corrected chi connectivity index (χ3v) is 5.09. The van der Waals surface area contributed by atoms with Gasteiger partial charge in [0.1, 0.15) is 6.04 Å². The van der Waals surface area contributed by atoms with Crippen LogP contribution in [0.4, 0.5) is 0 Å². The summed E-state index contributed by atoms with van der Waals surface area (Å²) < 4.78 is 10.6. The van der Waals surface area contributed by atoms with Crippen LogP contribution in [0.25, 0.3) is 0 Å². The van der Waals surface area contributed by atoms with E-state index in [9.17, 15) is 14.4 Å². The van der Waals surface area contributed by atoms with Gasteiger partial charge in [0.2, 0.25) is 5.75 Å². The van der Waals surface area contributed by atoms with Crippen LogP contribution in [0.1, 0.15) is 48.3 Å². The number of hydrogen-bond donors (Lipinski definition) is 2. The van der Waals surface area contributed by atoms with Crippen molar-refractivity contribution in [3.63, 3.8) is 0 Å². The molecule has 9 heteroatoms. The van der Waals surface area contributed by atoms with Gasteiger partial charge in [-0.1, -0.05) is 67.6 Å². The van der Waals surface area contributed by atoms with Gasteiger partial charge in [-0.15, -0.1) is 0 Å². The number of nitrogens with one attached hydrogen (secondary N) is 2. The minimum Gasteiger partial charge on any atom is -0.493 e. The van der Waals surface area contributed by atoms with Crippen LogP contribution in [0.5, 0.6) is 11.5 Å². The lowest BCUT2D eigenvalue weighted by atomic mass is 10.0. The molecular formula is C27H28N4O5. The van der Waals surface area contributed by atoms with E-state index in [-0.39, 0.29) is 23.6 Å². The molecule has 1 aromatic heterocycles. The van der Waals surface area contributed by atoms with Crippen LogP contribution in [0.3, 0.4) is 0 Å². The number of esters is 1. The Hall–Kier alpha value is -4.53. The van der Waals surface area contributed by atoms with Gasteiger partial charge in [-0.25, -0.2) is 10.4 Å². The maximum absolute atomic E-state index is 12.9. The van der Waals surface area contributed by atoms with Gasteiger partial charge >= 0.3 is 5.97 Å². The minimum absolute atomic E-state index is 0.1000. The van der Waals surface area contributed by atoms with Crippen LogP contribution in [0.2, 0.25) is 0 Å². The van der Waals surface area contributed by atoms with Crippen molar-refractivity contribution >= 4 is 23.5 Å². The van der Waals surface area contributed by atoms with Crippen LogP contribution >= 0.6 is 0 Å². The quantitative estimate of drug-likeness (QED) is 0.256. The summed E-state index contributed by atoms with van der Waals surface area (Å²) in [5.74, 6) is -1.69. The number of ether oxygens (including phenoxy) is 2. The van der Waals surface area contributed by atoms with Crippen molar-refractivity contribution in [3.05, 3.63) is 89.7 Å². The number of hydrazone groups is 1. The normalized spacial score (nSPS) is 11.1. The van der Waals surface area contributed by atoms with Gasteiger partial charge in [-0.2, -0.15) is 5.10 Å². The van der Waals surface area contributed by atoms with Crippen molar-refractivity contribution in [2.45, 2.75) is 32.7 Å². The first-order valence-electron chi connectivity index (χ1n) is 11.5. The molecule has 0 radical (unpaired) electrons. The molecule has 36 heavy (non-hydrogen) atoms. The van der Waals surface area contributed by atoms with Crippen molar-refractivity contribution in [1.29, 1.82) is 0 Å². The van der Waals surface area contributed by atoms with Crippen LogP contribution in [0.15, 0.2) is 78.0 Å². The molecule has 3 rings (SSSR count). The second-order valence-corrected chi connectivity index (χ2v) is 7.78. The SMILES string of the molecule is CCCC(=O)Oc1c(OC)ccnc1C(=O)N[C@@H](C)C(=O)NN=C(c1ccccc1)c1ccccc1. The molecule has 2 amide bonds. The molecular weight excluding hydrogens is 460 g/mol. The molecule has 0 saturated heterocycles. The summed E-state index contributed by atoms with van der Waals surface area (Å²) >= 11 is 0. The fourth-order valence-electron chi connectivity index (χ4n) is 3.25. The number of amides is 2. The highest BCUT2D eigenvalue weighted by atomic mass is 16.6. The summed E-state index contributed by atoms with van der Waals surface area (Å²) in [5.41, 5.74) is 4.57. The summed E-state index contributed by atoms with van der Waals surface area (Å²) in [4.78, 5) is 41.8. The first-order chi connectivity index (χ1) is 17.4. The van der Waals surface area contributed by atoms with Gasteiger partial charge < -0.3 is 14.8 Å². The van der Waals surface area contributed by atoms with Crippen molar-refractivity contribution in [2.75, 3.05) is 7.11 Å². The molecule has 0 saturated carbocycles. The number of pyridine rings is 1. The summed E-state index contributed by atoms with van der Waals surface area (Å²) in [6.45, 7) is 3.34. The lowest BCUT2D eigenvalue weighted by molar-refractivity contribution is -0.134. The third kappa shape index (κ3) is 6.75. The standard InChI is InChI=1S/C27H28N4O5/c1-4-11-22(32)36-25-21(35-3)16-17-28-24(25)27(34)29-18(2)26(33)31-30-23(19-12-7-5-8-13-19)20-14-9-6-10-15-20/h5-10,12-18H,4,11H2,1-3H3,(H,29,34)(H,31,33)/t18-/m0/s1. The average Bonchev–Trinajstić information content (AvgIpc) is 2.90. The van der Waals surface area contributed by atoms with Crippen LogP contribution in [-0.2, 0) is 9.59 Å². The van der Waals surface area contributed by atoms with Gasteiger partial charge in [0.25, 0.3) is 11.8 Å². The molecule has 1 heterocycles. The maximum Gasteiger partial charge on any atom is 0.311 e. The smallest absolute Gasteiger partial charge is 0.311 e. The van der Waals surface area contributed by atoms with Crippen LogP contribution < -0.4 is 20.2 Å². The van der Waals surface area contributed by atoms with E-state index in [4.69, 9.17) is 9.47 Å². The number of rotatable bonds is 10. The fourth-order valence-corrected chi connectivity index (χ4v) is 3.25. The molecule has 0 aliphatic heterocycles. The average molecular weight is 489 g/mol. The largest absolute Gasteiger partial charge is 0.493 e. The van der Waals surface area contributed by atoms with E-state index in [1.54, 1.807) is 0 Å². The molecule has 9 nitrogen and oxygen atoms in total. The highest BCUT2D eigenvalue weighted by Crippen LogP contribution is 2.30. The van der Waals surface area contributed by atoms with E-state index >= 15 is 0 Å². The van der Waals surface area contributed by atoms with Gasteiger partial charge in [0.15, 0.2) is 11.4 Å². The topological polar surface area (TPSA) is 119 Å². The number of nitrogens with zero attached hydrogens (tertiary/aromatic N) is 2. The number of aromatic nitrogens is 1. The minimum atomic E-state index is -0.971. The lowest BCUT2D eigenvalue weighted by Crippen LogP contribution is -2.44. The number of methoxy groups -OCH3 is 1. The van der Waals surface area contributed by atoms with Crippen molar-refractivity contribution < 1.29 is 23.9 Å². The van der Waals surface area contributed by atoms with Crippen LogP contribution in [-0.4, -0.2) is 41.6 Å². The van der Waals surface area contributed by atoms with Crippen LogP contribution in [0, 0.1) is 0 Å². The molecule has 2 N–H and O–H groups in total. The Morgan fingerprint density at radius 1 is 0.972 bits per heavy atom. The molecule has 2 aromatic carbocycles. The number of carbonyl (C=O) groups excluding carboxylic acids is 3. The monoisotopic (exact) mass is 488 g/mol. The Morgan fingerprint density at radius 3 is 2.14 bits per heavy atom. The highest BCUT2D eigenvalue weighted by Gasteiger charge is 2.24. The predicted octanol–water partition coefficient (Wildman–Crippen LogP) is 3.48. The molecule has 0 spiro atoms. The Morgan fingerprint density at radius 2 is 1.58 bits per heavy atom. The van der Waals surface area contributed by atoms with Gasteiger partial charge in [-0.05, 0) is 13.3 Å². The van der Waals surface area contributed by atoms with E-state index in [1.165, 1.54) is 26.3 Å². The fraction of sp³-hybridized carbons (Fsp3) is 0.222. The first kappa shape index (κ1) is 26.1. The third-order valence-electron chi connectivity index (χ3n) is 5.09. The molecule has 0 bridgehead atoms. The number of carbonyl (C=O) groups is 3. The van der Waals surface area contributed by atoms with Crippen molar-refractivity contribution in [1.82, 2.24) is 15.7 Å². The van der Waals surface area contributed by atoms with E-state index in [0.29, 0.717) is 12.1 Å². The van der Waals surface area contributed by atoms with Crippen molar-refractivity contribution in [2.24, 2.45) is 5.10 Å². The van der Waals surface area contributed by atoms with E-state index in [0.717, 1.165) is 11.1 Å². The molecule has 0 fully saturated rings. The molecule has 1 atom stereocenters. The zero-order valence-corrected chi connectivity index (χ0v) is 20.4. The summed E-state index contributed by atoms with van der Waals surface area (Å²) in [6.07, 6.45) is 2.10. The van der Waals surface area contributed by atoms with Gasteiger partial charge in [0.05, 0.1) is 12.8 Å². The number of benzene rings is 2. The van der Waals surface area contributed by atoms with Crippen molar-refractivity contribution in [3.8, 4) is 11.5 Å². The van der Waals surface area contributed by atoms with Gasteiger partial charge in [-0.3, -0.25) is 14.4 Å². The number of hydrogen-bond acceptors (Lipinski definition) is 7. The van der Waals surface area contributed by atoms with E-state index < -0.39 is 23.8 Å². The zero-order chi connectivity index (χ0) is 25.9. The maximum atomic E-state index is 12.9. The Kier molecular flexibility index (Phi) is 9.27. The first-order valence-corrected chi connectivity index (χ1v) is 11.5. The predicted molar refractivity (Wildman–Crippen MR) is 135 cm³/mol. The molecule has 0 unspecified atom stereocenters. The molecule has 186 valence electrons. The van der Waals surface area contributed by atoms with E-state index in [2.05, 4.69) is 20.8 Å². The molecule has 0 aliphatic rings. The Bertz CT molecular complexity index is 1190. The zero-order valence-electron chi connectivity index (χ0n) is 20.4.